The zero-order valence-electron chi connectivity index (χ0n) is 26.9. The zero-order valence-corrected chi connectivity index (χ0v) is 31.4. The molecule has 9 rings (SSSR count). The molecule has 0 aliphatic rings. The second-order valence-corrected chi connectivity index (χ2v) is 11.2. The van der Waals surface area contributed by atoms with Gasteiger partial charge in [0.1, 0.15) is 5.76 Å². The summed E-state index contributed by atoms with van der Waals surface area (Å²) in [5.74, 6) is 3.18. The Morgan fingerprint density at radius 2 is 1.04 bits per heavy atom. The molecule has 0 N–H and O–H groups in total. The van der Waals surface area contributed by atoms with E-state index in [0.29, 0.717) is 45.7 Å². The van der Waals surface area contributed by atoms with Gasteiger partial charge < -0.3 is 28.4 Å². The maximum absolute atomic E-state index is 6.30. The Morgan fingerprint density at radius 1 is 0.500 bits per heavy atom. The van der Waals surface area contributed by atoms with Crippen LogP contribution in [-0.2, 0) is 42.1 Å². The van der Waals surface area contributed by atoms with Crippen molar-refractivity contribution in [2.45, 2.75) is 0 Å². The van der Waals surface area contributed by atoms with Gasteiger partial charge in [-0.1, -0.05) is 47.4 Å². The van der Waals surface area contributed by atoms with Crippen LogP contribution in [0.15, 0.2) is 145 Å². The summed E-state index contributed by atoms with van der Waals surface area (Å²) in [5.41, 5.74) is 5.45. The molecule has 52 heavy (non-hydrogen) atoms. The average Bonchev–Trinajstić information content (AvgIpc) is 3.83. The molecule has 0 atom stereocenters. The van der Waals surface area contributed by atoms with Gasteiger partial charge in [-0.2, -0.15) is 22.9 Å². The first-order chi connectivity index (χ1) is 24.7. The molecule has 0 radical (unpaired) electrons. The molecule has 0 aliphatic carbocycles. The number of pyridine rings is 2. The van der Waals surface area contributed by atoms with Crippen LogP contribution < -0.4 is 9.47 Å². The zero-order chi connectivity index (χ0) is 33.3. The van der Waals surface area contributed by atoms with Gasteiger partial charge in [-0.05, 0) is 35.7 Å². The van der Waals surface area contributed by atoms with Crippen LogP contribution in [0.1, 0.15) is 0 Å². The van der Waals surface area contributed by atoms with Crippen LogP contribution >= 0.6 is 0 Å². The fourth-order valence-corrected chi connectivity index (χ4v) is 5.75. The minimum atomic E-state index is 0. The Morgan fingerprint density at radius 3 is 1.52 bits per heavy atom. The van der Waals surface area contributed by atoms with Crippen molar-refractivity contribution in [2.75, 3.05) is 0 Å². The van der Waals surface area contributed by atoms with Gasteiger partial charge in [0.2, 0.25) is 5.95 Å². The third kappa shape index (κ3) is 6.96. The van der Waals surface area contributed by atoms with Crippen molar-refractivity contribution in [1.29, 1.82) is 0 Å². The van der Waals surface area contributed by atoms with Crippen LogP contribution in [0.25, 0.3) is 61.6 Å². The Labute approximate surface area is 327 Å². The van der Waals surface area contributed by atoms with Gasteiger partial charge >= 0.3 is 42.1 Å². The van der Waals surface area contributed by atoms with E-state index in [4.69, 9.17) is 23.9 Å². The van der Waals surface area contributed by atoms with E-state index in [1.165, 1.54) is 0 Å². The third-order valence-corrected chi connectivity index (χ3v) is 8.04. The topological polar surface area (TPSA) is 88.1 Å². The molecule has 0 fully saturated rings. The van der Waals surface area contributed by atoms with E-state index in [1.807, 2.05) is 114 Å². The molecule has 0 saturated heterocycles. The van der Waals surface area contributed by atoms with Crippen LogP contribution in [0.2, 0.25) is 0 Å². The molecule has 0 spiro atoms. The van der Waals surface area contributed by atoms with Gasteiger partial charge in [0, 0.05) is 47.8 Å². The van der Waals surface area contributed by atoms with Crippen LogP contribution in [0.5, 0.6) is 23.0 Å². The van der Waals surface area contributed by atoms with Crippen molar-refractivity contribution in [3.8, 4) is 62.8 Å². The van der Waals surface area contributed by atoms with E-state index < -0.39 is 0 Å². The quantitative estimate of drug-likeness (QED) is 0.140. The van der Waals surface area contributed by atoms with E-state index >= 15 is 0 Å². The number of furan rings is 1. The summed E-state index contributed by atoms with van der Waals surface area (Å²) in [6, 6.07) is 48.0. The molecule has 0 saturated carbocycles. The van der Waals surface area contributed by atoms with Crippen LogP contribution in [0.4, 0.5) is 0 Å². The molecule has 5 heterocycles. The van der Waals surface area contributed by atoms with Gasteiger partial charge in [-0.3, -0.25) is 0 Å². The van der Waals surface area contributed by atoms with Gasteiger partial charge in [-0.15, -0.1) is 71.8 Å². The number of ether oxygens (including phenoxy) is 2. The molecule has 0 amide bonds. The van der Waals surface area contributed by atoms with Crippen molar-refractivity contribution in [3.05, 3.63) is 165 Å². The summed E-state index contributed by atoms with van der Waals surface area (Å²) in [6.45, 7) is 0. The fourth-order valence-electron chi connectivity index (χ4n) is 5.75. The summed E-state index contributed by atoms with van der Waals surface area (Å²) in [6.07, 6.45) is 8.60. The van der Waals surface area contributed by atoms with Crippen molar-refractivity contribution in [3.63, 3.8) is 0 Å². The summed E-state index contributed by atoms with van der Waals surface area (Å²) < 4.78 is 20.1. The van der Waals surface area contributed by atoms with Crippen LogP contribution in [0, 0.1) is 24.3 Å². The Balaban J connectivity index is 0.00000210. The van der Waals surface area contributed by atoms with Gasteiger partial charge in [0.05, 0.1) is 11.8 Å². The van der Waals surface area contributed by atoms with E-state index in [9.17, 15) is 0 Å². The standard InChI is InChI=1S/C42H23N5O3.2Pt/c1-3-19-43-37(12-1)28-8-5-10-31(22-28)49-33-15-17-35-36-18-16-34(50-32-11-6-9-29(23-32)38-13-2-4-20-44-38)25-40(36)47(39(35)24-33)42-45-26-30(27-46-42)41-14-7-21-48-41;;/h1-21,26-27H;;/q-4;2*+2. The maximum atomic E-state index is 6.30. The second kappa shape index (κ2) is 15.3. The molecule has 254 valence electrons. The minimum absolute atomic E-state index is 0. The molecule has 8 nitrogen and oxygen atoms in total. The van der Waals surface area contributed by atoms with Gasteiger partial charge in [-0.25, -0.2) is 9.97 Å². The Kier molecular flexibility index (Phi) is 10.2. The summed E-state index contributed by atoms with van der Waals surface area (Å²) >= 11 is 0. The van der Waals surface area contributed by atoms with E-state index in [0.717, 1.165) is 38.9 Å². The largest absolute Gasteiger partial charge is 2.00 e. The molecule has 10 heteroatoms. The molecule has 5 aromatic heterocycles. The first-order valence-electron chi connectivity index (χ1n) is 15.8. The molecule has 0 unspecified atom stereocenters. The number of fused-ring (bicyclic) bond motifs is 3. The number of rotatable bonds is 8. The smallest absolute Gasteiger partial charge is 0.503 e. The summed E-state index contributed by atoms with van der Waals surface area (Å²) in [4.78, 5) is 18.4. The van der Waals surface area contributed by atoms with Crippen molar-refractivity contribution in [1.82, 2.24) is 24.5 Å². The Bertz CT molecular complexity index is 2450. The summed E-state index contributed by atoms with van der Waals surface area (Å²) in [5, 5.41) is 1.84. The first-order valence-corrected chi connectivity index (χ1v) is 15.8. The number of benzene rings is 4. The van der Waals surface area contributed by atoms with Crippen molar-refractivity contribution < 1.29 is 56.0 Å². The van der Waals surface area contributed by atoms with Crippen LogP contribution in [0.3, 0.4) is 0 Å². The maximum Gasteiger partial charge on any atom is 2.00 e. The van der Waals surface area contributed by atoms with Crippen LogP contribution in [-0.4, -0.2) is 24.5 Å². The minimum Gasteiger partial charge on any atom is -0.503 e. The molecular weight excluding hydrogens is 1010 g/mol. The van der Waals surface area contributed by atoms with E-state index in [2.05, 4.69) is 34.2 Å². The molecule has 4 aromatic carbocycles. The summed E-state index contributed by atoms with van der Waals surface area (Å²) in [7, 11) is 0. The molecular formula is C42H23N5O3Pt2. The number of nitrogens with zero attached hydrogens (tertiary/aromatic N) is 5. The monoisotopic (exact) mass is 1040 g/mol. The predicted molar refractivity (Wildman–Crippen MR) is 189 cm³/mol. The predicted octanol–water partition coefficient (Wildman–Crippen LogP) is 9.74. The molecule has 0 aliphatic heterocycles. The van der Waals surface area contributed by atoms with E-state index in [-0.39, 0.29) is 42.1 Å². The molecule has 0 bridgehead atoms. The van der Waals surface area contributed by atoms with Gasteiger partial charge in [0.15, 0.2) is 0 Å². The number of aromatic nitrogens is 5. The van der Waals surface area contributed by atoms with Crippen molar-refractivity contribution >= 4 is 21.8 Å². The van der Waals surface area contributed by atoms with Crippen molar-refractivity contribution in [2.24, 2.45) is 0 Å². The van der Waals surface area contributed by atoms with Gasteiger partial charge in [0.25, 0.3) is 0 Å². The van der Waals surface area contributed by atoms with E-state index in [1.54, 1.807) is 31.1 Å². The first kappa shape index (κ1) is 34.8. The number of hydrogen-bond donors (Lipinski definition) is 0. The Hall–Kier alpha value is -5.68. The second-order valence-electron chi connectivity index (χ2n) is 11.2. The average molecular weight is 1040 g/mol. The SMILES string of the molecule is [Pt+2].[Pt+2].[c-]1c(Oc2[c-]c3c(cc2)c2ccc(Oc4[c-]c(-c5ccccn5)ccc4)[c-]c2n3-c2ncc(-c3ccco3)cn2)cccc1-c1ccccn1. The fraction of sp³-hybridized carbons (Fsp3) is 0. The molecule has 9 aromatic rings. The number of hydrogen-bond acceptors (Lipinski definition) is 7. The third-order valence-electron chi connectivity index (χ3n) is 8.04. The normalized spacial score (nSPS) is 10.8.